The Morgan fingerprint density at radius 3 is 2.30 bits per heavy atom. The van der Waals surface area contributed by atoms with Gasteiger partial charge in [-0.25, -0.2) is 13.2 Å². The first kappa shape index (κ1) is 17.6. The molecule has 0 aromatic carbocycles. The van der Waals surface area contributed by atoms with Crippen molar-refractivity contribution < 1.29 is 17.9 Å². The van der Waals surface area contributed by atoms with Gasteiger partial charge in [0.25, 0.3) is 0 Å². The minimum absolute atomic E-state index is 0.263. The van der Waals surface area contributed by atoms with E-state index in [1.807, 2.05) is 0 Å². The third-order valence-electron chi connectivity index (χ3n) is 3.28. The van der Waals surface area contributed by atoms with Crippen molar-refractivity contribution in [2.45, 2.75) is 58.6 Å². The quantitative estimate of drug-likeness (QED) is 0.729. The highest BCUT2D eigenvalue weighted by Gasteiger charge is 2.31. The lowest BCUT2D eigenvalue weighted by Crippen LogP contribution is -2.47. The second kappa shape index (κ2) is 6.52. The summed E-state index contributed by atoms with van der Waals surface area (Å²) in [6, 6.07) is -0.493. The van der Waals surface area contributed by atoms with Gasteiger partial charge in [-0.3, -0.25) is 0 Å². The number of ether oxygens (including phenoxy) is 1. The molecule has 0 bridgehead atoms. The maximum Gasteiger partial charge on any atom is 0.410 e. The third kappa shape index (κ3) is 6.31. The number of halogens is 1. The Kier molecular flexibility index (Phi) is 5.72. The summed E-state index contributed by atoms with van der Waals surface area (Å²) in [6.45, 7) is 7.57. The van der Waals surface area contributed by atoms with Crippen molar-refractivity contribution in [3.05, 3.63) is 0 Å². The molecule has 1 saturated carbocycles. The van der Waals surface area contributed by atoms with E-state index in [2.05, 4.69) is 0 Å². The number of hydrogen-bond acceptors (Lipinski definition) is 4. The second-order valence-electron chi connectivity index (χ2n) is 6.48. The van der Waals surface area contributed by atoms with Gasteiger partial charge < -0.3 is 9.64 Å². The summed E-state index contributed by atoms with van der Waals surface area (Å²) in [4.78, 5) is 13.7. The summed E-state index contributed by atoms with van der Waals surface area (Å²) < 4.78 is 27.8. The van der Waals surface area contributed by atoms with E-state index >= 15 is 0 Å². The number of hydrogen-bond donors (Lipinski definition) is 0. The van der Waals surface area contributed by atoms with E-state index in [4.69, 9.17) is 15.4 Å². The molecule has 0 aromatic rings. The van der Waals surface area contributed by atoms with Gasteiger partial charge in [0.05, 0.1) is 5.75 Å². The molecule has 5 nitrogen and oxygen atoms in total. The highest BCUT2D eigenvalue weighted by Crippen LogP contribution is 2.28. The largest absolute Gasteiger partial charge is 0.444 e. The fourth-order valence-electron chi connectivity index (χ4n) is 2.09. The van der Waals surface area contributed by atoms with Crippen LogP contribution in [0, 0.1) is 5.92 Å². The van der Waals surface area contributed by atoms with E-state index in [-0.39, 0.29) is 5.75 Å². The zero-order valence-electron chi connectivity index (χ0n) is 12.6. The molecule has 0 saturated heterocycles. The monoisotopic (exact) mass is 325 g/mol. The molecule has 0 radical (unpaired) electrons. The van der Waals surface area contributed by atoms with Crippen LogP contribution >= 0.6 is 10.7 Å². The molecule has 0 aromatic heterocycles. The van der Waals surface area contributed by atoms with Crippen LogP contribution in [-0.2, 0) is 13.8 Å². The molecule has 118 valence electrons. The summed E-state index contributed by atoms with van der Waals surface area (Å²) in [6.07, 6.45) is 2.83. The van der Waals surface area contributed by atoms with Crippen molar-refractivity contribution in [1.82, 2.24) is 4.90 Å². The van der Waals surface area contributed by atoms with E-state index in [0.29, 0.717) is 12.5 Å². The van der Waals surface area contributed by atoms with Crippen LogP contribution in [0.5, 0.6) is 0 Å². The number of nitrogens with zero attached hydrogens (tertiary/aromatic N) is 1. The fraction of sp³-hybridized carbons (Fsp3) is 0.923. The van der Waals surface area contributed by atoms with Crippen molar-refractivity contribution in [3.63, 3.8) is 0 Å². The highest BCUT2D eigenvalue weighted by atomic mass is 35.7. The first-order valence-electron chi connectivity index (χ1n) is 6.90. The van der Waals surface area contributed by atoms with Crippen molar-refractivity contribution in [2.75, 3.05) is 12.3 Å². The molecule has 1 atom stereocenters. The summed E-state index contributed by atoms with van der Waals surface area (Å²) in [5, 5.41) is 0. The number of carbonyl (C=O) groups excluding carboxylic acids is 1. The van der Waals surface area contributed by atoms with Gasteiger partial charge in [0.15, 0.2) is 0 Å². The number of rotatable bonds is 5. The maximum absolute atomic E-state index is 12.2. The normalized spacial score (nSPS) is 18.2. The standard InChI is InChI=1S/C13H24ClNO4S/c1-10(9-20(14,17)18)15(8-11-6-5-7-11)12(16)19-13(2,3)4/h10-11H,5-9H2,1-4H3. The molecule has 0 heterocycles. The molecule has 1 unspecified atom stereocenters. The SMILES string of the molecule is CC(CS(=O)(=O)Cl)N(CC1CCC1)C(=O)OC(C)(C)C. The maximum atomic E-state index is 12.2. The molecule has 0 N–H and O–H groups in total. The van der Waals surface area contributed by atoms with Gasteiger partial charge in [0, 0.05) is 23.3 Å². The predicted octanol–water partition coefficient (Wildman–Crippen LogP) is 2.98. The Morgan fingerprint density at radius 1 is 1.40 bits per heavy atom. The van der Waals surface area contributed by atoms with Crippen LogP contribution in [0.1, 0.15) is 47.0 Å². The Morgan fingerprint density at radius 2 is 1.95 bits per heavy atom. The fourth-order valence-corrected chi connectivity index (χ4v) is 3.39. The lowest BCUT2D eigenvalue weighted by Gasteiger charge is -2.36. The Hall–Kier alpha value is -0.490. The van der Waals surface area contributed by atoms with Crippen LogP contribution in [0.2, 0.25) is 0 Å². The second-order valence-corrected chi connectivity index (χ2v) is 9.31. The van der Waals surface area contributed by atoms with Gasteiger partial charge in [0.2, 0.25) is 9.05 Å². The van der Waals surface area contributed by atoms with Crippen molar-refractivity contribution >= 4 is 25.8 Å². The molecule has 20 heavy (non-hydrogen) atoms. The molecule has 0 aliphatic heterocycles. The van der Waals surface area contributed by atoms with Crippen molar-refractivity contribution in [1.29, 1.82) is 0 Å². The minimum Gasteiger partial charge on any atom is -0.444 e. The smallest absolute Gasteiger partial charge is 0.410 e. The first-order chi connectivity index (χ1) is 8.98. The summed E-state index contributed by atoms with van der Waals surface area (Å²) in [7, 11) is 1.64. The molecular weight excluding hydrogens is 302 g/mol. The van der Waals surface area contributed by atoms with Gasteiger partial charge in [0.1, 0.15) is 5.60 Å². The number of carbonyl (C=O) groups is 1. The lowest BCUT2D eigenvalue weighted by atomic mass is 9.85. The van der Waals surface area contributed by atoms with Crippen LogP contribution in [0.25, 0.3) is 0 Å². The van der Waals surface area contributed by atoms with E-state index in [9.17, 15) is 13.2 Å². The molecule has 1 fully saturated rings. The predicted molar refractivity (Wildman–Crippen MR) is 79.4 cm³/mol. The zero-order chi connectivity index (χ0) is 15.6. The topological polar surface area (TPSA) is 63.7 Å². The van der Waals surface area contributed by atoms with Crippen LogP contribution in [0.4, 0.5) is 4.79 Å². The van der Waals surface area contributed by atoms with Gasteiger partial charge in [-0.1, -0.05) is 6.42 Å². The Bertz CT molecular complexity index is 440. The number of amides is 1. The molecule has 0 spiro atoms. The molecule has 1 aliphatic rings. The Labute approximate surface area is 126 Å². The van der Waals surface area contributed by atoms with Crippen LogP contribution in [-0.4, -0.2) is 43.4 Å². The average molecular weight is 326 g/mol. The molecule has 1 amide bonds. The highest BCUT2D eigenvalue weighted by molar-refractivity contribution is 8.13. The summed E-state index contributed by atoms with van der Waals surface area (Å²) in [5.41, 5.74) is -0.603. The minimum atomic E-state index is -3.65. The van der Waals surface area contributed by atoms with E-state index in [0.717, 1.165) is 19.3 Å². The lowest BCUT2D eigenvalue weighted by molar-refractivity contribution is 0.0128. The van der Waals surface area contributed by atoms with Crippen LogP contribution in [0.15, 0.2) is 0 Å². The van der Waals surface area contributed by atoms with Crippen molar-refractivity contribution in [2.24, 2.45) is 5.92 Å². The summed E-state index contributed by atoms with van der Waals surface area (Å²) >= 11 is 0. The third-order valence-corrected chi connectivity index (χ3v) is 4.54. The van der Waals surface area contributed by atoms with E-state index in [1.54, 1.807) is 27.7 Å². The molecule has 1 rings (SSSR count). The van der Waals surface area contributed by atoms with Crippen LogP contribution < -0.4 is 0 Å². The van der Waals surface area contributed by atoms with Crippen LogP contribution in [0.3, 0.4) is 0 Å². The average Bonchev–Trinajstić information content (AvgIpc) is 2.08. The van der Waals surface area contributed by atoms with E-state index < -0.39 is 26.8 Å². The van der Waals surface area contributed by atoms with Gasteiger partial charge in [-0.15, -0.1) is 0 Å². The van der Waals surface area contributed by atoms with Gasteiger partial charge in [-0.05, 0) is 46.5 Å². The molecule has 1 aliphatic carbocycles. The Balaban J connectivity index is 2.75. The molecular formula is C13H24ClNO4S. The van der Waals surface area contributed by atoms with E-state index in [1.165, 1.54) is 4.90 Å². The first-order valence-corrected chi connectivity index (χ1v) is 9.38. The zero-order valence-corrected chi connectivity index (χ0v) is 14.1. The molecule has 7 heteroatoms. The van der Waals surface area contributed by atoms with Crippen molar-refractivity contribution in [3.8, 4) is 0 Å². The summed E-state index contributed by atoms with van der Waals surface area (Å²) in [5.74, 6) is 0.170. The van der Waals surface area contributed by atoms with Gasteiger partial charge >= 0.3 is 6.09 Å². The van der Waals surface area contributed by atoms with Gasteiger partial charge in [-0.2, -0.15) is 0 Å².